The molecule has 0 radical (unpaired) electrons. The molecule has 3 aromatic rings. The standard InChI is InChI=1S/C27H26ClN3O2S/c1-17-8-13-22-21(16-17)24-23(25(32)29-20-11-9-19(28)10-12-20)27(2,33-22)31(26(34)30-24)15-14-18-6-4-3-5-7-18/h3-13,16,23-24H,14-15H2,1-2H3,(H,29,32)(H,30,34)/t23-,24+,27-/m0/s1. The molecule has 34 heavy (non-hydrogen) atoms. The Morgan fingerprint density at radius 2 is 1.88 bits per heavy atom. The number of thiocarbonyl (C=S) groups is 1. The van der Waals surface area contributed by atoms with Crippen LogP contribution in [0, 0.1) is 12.8 Å². The summed E-state index contributed by atoms with van der Waals surface area (Å²) in [7, 11) is 0. The Morgan fingerprint density at radius 3 is 2.62 bits per heavy atom. The van der Waals surface area contributed by atoms with Crippen LogP contribution in [0.15, 0.2) is 72.8 Å². The zero-order valence-electron chi connectivity index (χ0n) is 19.0. The molecule has 2 bridgehead atoms. The van der Waals surface area contributed by atoms with Crippen molar-refractivity contribution >= 4 is 40.5 Å². The maximum absolute atomic E-state index is 13.8. The molecule has 0 saturated carbocycles. The zero-order chi connectivity index (χ0) is 23.9. The van der Waals surface area contributed by atoms with E-state index < -0.39 is 11.6 Å². The van der Waals surface area contributed by atoms with Crippen molar-refractivity contribution in [2.45, 2.75) is 32.0 Å². The highest BCUT2D eigenvalue weighted by Gasteiger charge is 2.58. The molecule has 5 nitrogen and oxygen atoms in total. The van der Waals surface area contributed by atoms with Gasteiger partial charge in [-0.25, -0.2) is 0 Å². The number of carbonyl (C=O) groups excluding carboxylic acids is 1. The molecule has 2 aliphatic heterocycles. The number of nitrogens with zero attached hydrogens (tertiary/aromatic N) is 1. The van der Waals surface area contributed by atoms with Crippen molar-refractivity contribution in [3.8, 4) is 5.75 Å². The highest BCUT2D eigenvalue weighted by Crippen LogP contribution is 2.48. The van der Waals surface area contributed by atoms with Crippen LogP contribution in [0.1, 0.15) is 29.7 Å². The van der Waals surface area contributed by atoms with Gasteiger partial charge in [0.15, 0.2) is 10.8 Å². The molecule has 5 rings (SSSR count). The number of hydrogen-bond acceptors (Lipinski definition) is 3. The van der Waals surface area contributed by atoms with Crippen molar-refractivity contribution in [1.29, 1.82) is 0 Å². The number of amides is 1. The van der Waals surface area contributed by atoms with Gasteiger partial charge in [-0.1, -0.05) is 59.6 Å². The molecule has 174 valence electrons. The van der Waals surface area contributed by atoms with Crippen LogP contribution >= 0.6 is 23.8 Å². The Balaban J connectivity index is 1.51. The molecule has 0 unspecified atom stereocenters. The number of nitrogens with one attached hydrogen (secondary N) is 2. The van der Waals surface area contributed by atoms with E-state index in [-0.39, 0.29) is 11.9 Å². The second-order valence-electron chi connectivity index (χ2n) is 8.99. The number of halogens is 1. The molecular formula is C27H26ClN3O2S. The van der Waals surface area contributed by atoms with Crippen LogP contribution in [-0.2, 0) is 11.2 Å². The van der Waals surface area contributed by atoms with Crippen LogP contribution in [0.4, 0.5) is 5.69 Å². The number of aryl methyl sites for hydroxylation is 1. The lowest BCUT2D eigenvalue weighted by Crippen LogP contribution is -2.71. The van der Waals surface area contributed by atoms with Crippen LogP contribution in [0.5, 0.6) is 5.75 Å². The molecule has 2 aliphatic rings. The quantitative estimate of drug-likeness (QED) is 0.462. The maximum atomic E-state index is 13.8. The smallest absolute Gasteiger partial charge is 0.236 e. The van der Waals surface area contributed by atoms with Crippen molar-refractivity contribution in [2.75, 3.05) is 11.9 Å². The number of fused-ring (bicyclic) bond motifs is 4. The van der Waals surface area contributed by atoms with E-state index >= 15 is 0 Å². The number of benzene rings is 3. The topological polar surface area (TPSA) is 53.6 Å². The van der Waals surface area contributed by atoms with Crippen molar-refractivity contribution < 1.29 is 9.53 Å². The third kappa shape index (κ3) is 4.12. The molecule has 0 aliphatic carbocycles. The van der Waals surface area contributed by atoms with Gasteiger partial charge in [-0.2, -0.15) is 0 Å². The summed E-state index contributed by atoms with van der Waals surface area (Å²) in [4.78, 5) is 15.8. The molecule has 0 spiro atoms. The lowest BCUT2D eigenvalue weighted by atomic mass is 9.78. The number of anilines is 1. The first-order valence-electron chi connectivity index (χ1n) is 11.3. The van der Waals surface area contributed by atoms with Gasteiger partial charge in [0.25, 0.3) is 0 Å². The predicted octanol–water partition coefficient (Wildman–Crippen LogP) is 5.49. The fraction of sp³-hybridized carbons (Fsp3) is 0.259. The Kier molecular flexibility index (Phi) is 5.96. The number of hydrogen-bond donors (Lipinski definition) is 2. The van der Waals surface area contributed by atoms with E-state index in [1.165, 1.54) is 5.56 Å². The summed E-state index contributed by atoms with van der Waals surface area (Å²) >= 11 is 11.8. The molecule has 2 N–H and O–H groups in total. The van der Waals surface area contributed by atoms with Gasteiger partial charge in [0.05, 0.1) is 6.04 Å². The Bertz CT molecular complexity index is 1230. The largest absolute Gasteiger partial charge is 0.467 e. The SMILES string of the molecule is Cc1ccc2c(c1)[C@H]1NC(=S)N(CCc3ccccc3)[C@@](C)(O2)[C@@H]1C(=O)Nc1ccc(Cl)cc1. The average molecular weight is 492 g/mol. The number of rotatable bonds is 5. The Labute approximate surface area is 210 Å². The normalized spacial score (nSPS) is 22.9. The summed E-state index contributed by atoms with van der Waals surface area (Å²) < 4.78 is 6.62. The first-order valence-corrected chi connectivity index (χ1v) is 12.1. The fourth-order valence-corrected chi connectivity index (χ4v) is 5.46. The molecule has 0 aromatic heterocycles. The van der Waals surface area contributed by atoms with E-state index in [4.69, 9.17) is 28.6 Å². The predicted molar refractivity (Wildman–Crippen MR) is 139 cm³/mol. The molecule has 1 fully saturated rings. The third-order valence-corrected chi connectivity index (χ3v) is 7.24. The summed E-state index contributed by atoms with van der Waals surface area (Å²) in [6.07, 6.45) is 0.776. The lowest BCUT2D eigenvalue weighted by molar-refractivity contribution is -0.149. The Hall–Kier alpha value is -3.09. The second-order valence-corrected chi connectivity index (χ2v) is 9.81. The monoisotopic (exact) mass is 491 g/mol. The van der Waals surface area contributed by atoms with Crippen LogP contribution < -0.4 is 15.4 Å². The van der Waals surface area contributed by atoms with E-state index in [1.807, 2.05) is 49.1 Å². The average Bonchev–Trinajstić information content (AvgIpc) is 2.81. The minimum Gasteiger partial charge on any atom is -0.467 e. The minimum atomic E-state index is -0.958. The van der Waals surface area contributed by atoms with Gasteiger partial charge in [-0.05, 0) is 68.4 Å². The number of carbonyl (C=O) groups is 1. The van der Waals surface area contributed by atoms with Crippen LogP contribution in [0.25, 0.3) is 0 Å². The molecule has 2 heterocycles. The summed E-state index contributed by atoms with van der Waals surface area (Å²) in [6, 6.07) is 23.1. The summed E-state index contributed by atoms with van der Waals surface area (Å²) in [5.41, 5.74) is 2.97. The maximum Gasteiger partial charge on any atom is 0.236 e. The minimum absolute atomic E-state index is 0.137. The molecule has 1 saturated heterocycles. The number of ether oxygens (including phenoxy) is 1. The summed E-state index contributed by atoms with van der Waals surface area (Å²) in [5, 5.41) is 7.73. The first kappa shape index (κ1) is 22.7. The van der Waals surface area contributed by atoms with E-state index in [9.17, 15) is 4.79 Å². The molecule has 7 heteroatoms. The van der Waals surface area contributed by atoms with E-state index in [0.717, 1.165) is 23.3 Å². The zero-order valence-corrected chi connectivity index (χ0v) is 20.6. The van der Waals surface area contributed by atoms with Crippen LogP contribution in [-0.4, -0.2) is 28.2 Å². The van der Waals surface area contributed by atoms with Gasteiger partial charge in [0.2, 0.25) is 5.91 Å². The van der Waals surface area contributed by atoms with Gasteiger partial charge < -0.3 is 20.3 Å². The molecule has 3 aromatic carbocycles. The summed E-state index contributed by atoms with van der Waals surface area (Å²) in [5.74, 6) is 0.0926. The van der Waals surface area contributed by atoms with Crippen molar-refractivity contribution in [1.82, 2.24) is 10.2 Å². The fourth-order valence-electron chi connectivity index (χ4n) is 4.93. The van der Waals surface area contributed by atoms with E-state index in [0.29, 0.717) is 22.4 Å². The highest BCUT2D eigenvalue weighted by atomic mass is 35.5. The third-order valence-electron chi connectivity index (χ3n) is 6.65. The van der Waals surface area contributed by atoms with E-state index in [2.05, 4.69) is 28.8 Å². The van der Waals surface area contributed by atoms with Crippen molar-refractivity contribution in [3.05, 3.63) is 94.5 Å². The Morgan fingerprint density at radius 1 is 1.15 bits per heavy atom. The molecule has 1 amide bonds. The van der Waals surface area contributed by atoms with Gasteiger partial charge in [0.1, 0.15) is 11.7 Å². The summed E-state index contributed by atoms with van der Waals surface area (Å²) in [6.45, 7) is 4.61. The second kappa shape index (κ2) is 8.93. The lowest BCUT2D eigenvalue weighted by Gasteiger charge is -2.56. The van der Waals surface area contributed by atoms with Gasteiger partial charge in [-0.15, -0.1) is 0 Å². The van der Waals surface area contributed by atoms with Crippen molar-refractivity contribution in [3.63, 3.8) is 0 Å². The van der Waals surface area contributed by atoms with Gasteiger partial charge in [0, 0.05) is 22.8 Å². The highest BCUT2D eigenvalue weighted by molar-refractivity contribution is 7.80. The van der Waals surface area contributed by atoms with Gasteiger partial charge in [-0.3, -0.25) is 4.79 Å². The molecular weight excluding hydrogens is 466 g/mol. The van der Waals surface area contributed by atoms with Crippen LogP contribution in [0.2, 0.25) is 5.02 Å². The van der Waals surface area contributed by atoms with E-state index in [1.54, 1.807) is 24.3 Å². The molecule has 3 atom stereocenters. The van der Waals surface area contributed by atoms with Crippen molar-refractivity contribution in [2.24, 2.45) is 5.92 Å². The van der Waals surface area contributed by atoms with Crippen LogP contribution in [0.3, 0.4) is 0 Å². The van der Waals surface area contributed by atoms with Gasteiger partial charge >= 0.3 is 0 Å². The first-order chi connectivity index (χ1) is 16.3.